The van der Waals surface area contributed by atoms with Gasteiger partial charge in [0.1, 0.15) is 0 Å². The Labute approximate surface area is 210 Å². The first-order chi connectivity index (χ1) is 15.7. The highest BCUT2D eigenvalue weighted by atomic mass is 16.7. The van der Waals surface area contributed by atoms with Crippen LogP contribution in [0.5, 0.6) is 0 Å². The third-order valence-corrected chi connectivity index (χ3v) is 6.63. The van der Waals surface area contributed by atoms with E-state index in [1.54, 1.807) is 0 Å². The summed E-state index contributed by atoms with van der Waals surface area (Å²) in [5.74, 6) is 0.544. The Bertz CT molecular complexity index is 386. The molecular weight excluding hydrogens is 404 g/mol. The summed E-state index contributed by atoms with van der Waals surface area (Å²) in [4.78, 5) is 0. The maximum absolute atomic E-state index is 6.27. The van der Waals surface area contributed by atoms with E-state index >= 15 is 0 Å². The Hall–Kier alpha value is -0.0800. The van der Waals surface area contributed by atoms with E-state index in [-0.39, 0.29) is 18.5 Å². The molecule has 0 fully saturated rings. The van der Waals surface area contributed by atoms with Crippen LogP contribution in [0.1, 0.15) is 171 Å². The zero-order valence-electron chi connectivity index (χ0n) is 24.4. The molecule has 0 aromatic heterocycles. The van der Waals surface area contributed by atoms with Crippen molar-refractivity contribution in [3.8, 4) is 0 Å². The lowest BCUT2D eigenvalue weighted by Gasteiger charge is -2.30. The van der Waals surface area contributed by atoms with Crippen molar-refractivity contribution in [3.05, 3.63) is 0 Å². The summed E-state index contributed by atoms with van der Waals surface area (Å²) in [6.07, 6.45) is 25.1. The highest BCUT2D eigenvalue weighted by molar-refractivity contribution is 4.67. The summed E-state index contributed by atoms with van der Waals surface area (Å²) in [5.41, 5.74) is 0.502. The van der Waals surface area contributed by atoms with E-state index in [1.807, 2.05) is 0 Å². The average Bonchev–Trinajstić information content (AvgIpc) is 2.70. The normalized spacial score (nSPS) is 13.5. The Morgan fingerprint density at radius 3 is 1.24 bits per heavy atom. The molecule has 200 valence electrons. The molecule has 0 radical (unpaired) electrons. The molecule has 0 rings (SSSR count). The molecule has 33 heavy (non-hydrogen) atoms. The summed E-state index contributed by atoms with van der Waals surface area (Å²) in [7, 11) is 0. The number of ether oxygens (including phenoxy) is 2. The quantitative estimate of drug-likeness (QED) is 0.110. The molecule has 0 aliphatic rings. The van der Waals surface area contributed by atoms with Crippen LogP contribution in [0.4, 0.5) is 0 Å². The van der Waals surface area contributed by atoms with Crippen LogP contribution in [0.15, 0.2) is 0 Å². The van der Waals surface area contributed by atoms with E-state index in [4.69, 9.17) is 9.47 Å². The summed E-state index contributed by atoms with van der Waals surface area (Å²) < 4.78 is 12.5. The standard InChI is InChI=1S/C31H64O2/c1-9-10-11-12-15-18-21-24-29(30(32-27(2)3)33-28(4)5)25-22-19-16-13-14-17-20-23-26-31(6,7)8/h27-30H,9-26H2,1-8H3. The third-order valence-electron chi connectivity index (χ3n) is 6.63. The fraction of sp³-hybridized carbons (Fsp3) is 1.00. The van der Waals surface area contributed by atoms with Crippen LogP contribution in [0, 0.1) is 11.3 Å². The number of hydrogen-bond acceptors (Lipinski definition) is 2. The second kappa shape index (κ2) is 21.2. The topological polar surface area (TPSA) is 18.5 Å². The maximum Gasteiger partial charge on any atom is 0.161 e. The minimum atomic E-state index is -0.0343. The van der Waals surface area contributed by atoms with Gasteiger partial charge >= 0.3 is 0 Å². The molecule has 0 aliphatic heterocycles. The number of rotatable bonds is 23. The smallest absolute Gasteiger partial charge is 0.161 e. The lowest BCUT2D eigenvalue weighted by atomic mass is 9.89. The Morgan fingerprint density at radius 1 is 0.515 bits per heavy atom. The molecule has 0 aliphatic carbocycles. The van der Waals surface area contributed by atoms with Gasteiger partial charge in [0.25, 0.3) is 0 Å². The van der Waals surface area contributed by atoms with E-state index in [0.717, 1.165) is 0 Å². The molecule has 0 N–H and O–H groups in total. The summed E-state index contributed by atoms with van der Waals surface area (Å²) >= 11 is 0. The molecule has 0 aromatic carbocycles. The van der Waals surface area contributed by atoms with Crippen LogP contribution in [0.3, 0.4) is 0 Å². The van der Waals surface area contributed by atoms with Crippen molar-refractivity contribution in [2.45, 2.75) is 189 Å². The minimum Gasteiger partial charge on any atom is -0.350 e. The molecule has 2 nitrogen and oxygen atoms in total. The van der Waals surface area contributed by atoms with Crippen LogP contribution in [0.2, 0.25) is 0 Å². The van der Waals surface area contributed by atoms with Crippen molar-refractivity contribution in [1.82, 2.24) is 0 Å². The summed E-state index contributed by atoms with van der Waals surface area (Å²) in [6.45, 7) is 17.9. The fourth-order valence-electron chi connectivity index (χ4n) is 4.69. The van der Waals surface area contributed by atoms with Gasteiger partial charge in [0.2, 0.25) is 0 Å². The van der Waals surface area contributed by atoms with Crippen molar-refractivity contribution in [3.63, 3.8) is 0 Å². The number of hydrogen-bond donors (Lipinski definition) is 0. The SMILES string of the molecule is CCCCCCCCCC(CCCCCCCCCCC(C)(C)C)C(OC(C)C)OC(C)C. The van der Waals surface area contributed by atoms with E-state index in [9.17, 15) is 0 Å². The molecular formula is C31H64O2. The van der Waals surface area contributed by atoms with Crippen LogP contribution in [-0.4, -0.2) is 18.5 Å². The van der Waals surface area contributed by atoms with Crippen molar-refractivity contribution >= 4 is 0 Å². The van der Waals surface area contributed by atoms with Gasteiger partial charge in [0, 0.05) is 5.92 Å². The molecule has 0 bridgehead atoms. The second-order valence-corrected chi connectivity index (χ2v) is 12.3. The van der Waals surface area contributed by atoms with Gasteiger partial charge in [-0.15, -0.1) is 0 Å². The first kappa shape index (κ1) is 32.9. The van der Waals surface area contributed by atoms with Gasteiger partial charge < -0.3 is 9.47 Å². The lowest BCUT2D eigenvalue weighted by Crippen LogP contribution is -2.32. The molecule has 2 heteroatoms. The highest BCUT2D eigenvalue weighted by Crippen LogP contribution is 2.27. The van der Waals surface area contributed by atoms with Gasteiger partial charge in [-0.1, -0.05) is 124 Å². The van der Waals surface area contributed by atoms with E-state index in [1.165, 1.54) is 116 Å². The summed E-state index contributed by atoms with van der Waals surface area (Å²) in [6, 6.07) is 0. The van der Waals surface area contributed by atoms with E-state index in [0.29, 0.717) is 11.3 Å². The Morgan fingerprint density at radius 2 is 0.879 bits per heavy atom. The van der Waals surface area contributed by atoms with Gasteiger partial charge in [0.05, 0.1) is 12.2 Å². The van der Waals surface area contributed by atoms with Gasteiger partial charge in [-0.2, -0.15) is 0 Å². The molecule has 0 saturated heterocycles. The second-order valence-electron chi connectivity index (χ2n) is 12.3. The molecule has 0 spiro atoms. The van der Waals surface area contributed by atoms with Crippen LogP contribution in [-0.2, 0) is 9.47 Å². The van der Waals surface area contributed by atoms with Gasteiger partial charge in [-0.25, -0.2) is 0 Å². The molecule has 0 aromatic rings. The fourth-order valence-corrected chi connectivity index (χ4v) is 4.69. The molecule has 1 atom stereocenters. The Balaban J connectivity index is 4.25. The number of unbranched alkanes of at least 4 members (excludes halogenated alkanes) is 13. The first-order valence-electron chi connectivity index (χ1n) is 15.0. The van der Waals surface area contributed by atoms with E-state index in [2.05, 4.69) is 55.4 Å². The zero-order valence-corrected chi connectivity index (χ0v) is 24.4. The van der Waals surface area contributed by atoms with Gasteiger partial charge in [0.15, 0.2) is 6.29 Å². The molecule has 0 amide bonds. The highest BCUT2D eigenvalue weighted by Gasteiger charge is 2.24. The first-order valence-corrected chi connectivity index (χ1v) is 15.0. The minimum absolute atomic E-state index is 0.0343. The van der Waals surface area contributed by atoms with Crippen molar-refractivity contribution < 1.29 is 9.47 Å². The zero-order chi connectivity index (χ0) is 25.0. The lowest BCUT2D eigenvalue weighted by molar-refractivity contribution is -0.209. The largest absolute Gasteiger partial charge is 0.350 e. The van der Waals surface area contributed by atoms with Gasteiger partial charge in [-0.05, 0) is 52.4 Å². The maximum atomic E-state index is 6.27. The third kappa shape index (κ3) is 23.4. The molecule has 1 unspecified atom stereocenters. The van der Waals surface area contributed by atoms with Crippen molar-refractivity contribution in [2.75, 3.05) is 0 Å². The van der Waals surface area contributed by atoms with Gasteiger partial charge in [-0.3, -0.25) is 0 Å². The van der Waals surface area contributed by atoms with Crippen LogP contribution >= 0.6 is 0 Å². The predicted molar refractivity (Wildman–Crippen MR) is 148 cm³/mol. The monoisotopic (exact) mass is 468 g/mol. The van der Waals surface area contributed by atoms with Crippen LogP contribution < -0.4 is 0 Å². The Kier molecular flexibility index (Phi) is 21.2. The van der Waals surface area contributed by atoms with Crippen LogP contribution in [0.25, 0.3) is 0 Å². The molecule has 0 heterocycles. The average molecular weight is 469 g/mol. The van der Waals surface area contributed by atoms with Crippen molar-refractivity contribution in [1.29, 1.82) is 0 Å². The molecule has 0 saturated carbocycles. The predicted octanol–water partition coefficient (Wildman–Crippen LogP) is 10.9. The summed E-state index contributed by atoms with van der Waals surface area (Å²) in [5, 5.41) is 0. The van der Waals surface area contributed by atoms with E-state index < -0.39 is 0 Å². The van der Waals surface area contributed by atoms with Crippen molar-refractivity contribution in [2.24, 2.45) is 11.3 Å².